The first kappa shape index (κ1) is 25.7. The number of carbonyl (C=O) groups is 1. The average Bonchev–Trinajstić information content (AvgIpc) is 2.80. The second-order valence-corrected chi connectivity index (χ2v) is 7.19. The van der Waals surface area contributed by atoms with E-state index in [1.807, 2.05) is 0 Å². The van der Waals surface area contributed by atoms with Gasteiger partial charge in [-0.25, -0.2) is 13.2 Å². The molecule has 0 aliphatic carbocycles. The monoisotopic (exact) mass is 501 g/mol. The van der Waals surface area contributed by atoms with Gasteiger partial charge in [-0.15, -0.1) is 0 Å². The van der Waals surface area contributed by atoms with E-state index >= 15 is 0 Å². The van der Waals surface area contributed by atoms with Gasteiger partial charge in [0.25, 0.3) is 11.5 Å². The third-order valence-corrected chi connectivity index (χ3v) is 4.83. The molecule has 7 nitrogen and oxygen atoms in total. The number of ether oxygens (including phenoxy) is 1. The molecule has 0 bridgehead atoms. The molecule has 0 aliphatic rings. The maximum absolute atomic E-state index is 14.5. The van der Waals surface area contributed by atoms with Crippen LogP contribution < -0.4 is 15.6 Å². The van der Waals surface area contributed by atoms with Crippen LogP contribution in [0.2, 0.25) is 0 Å². The molecule has 13 heteroatoms. The molecule has 2 atom stereocenters. The van der Waals surface area contributed by atoms with Crippen molar-refractivity contribution in [3.05, 3.63) is 93.7 Å². The summed E-state index contributed by atoms with van der Waals surface area (Å²) in [5, 5.41) is 11.6. The molecular weight excluding hydrogens is 484 g/mol. The zero-order chi connectivity index (χ0) is 25.8. The summed E-state index contributed by atoms with van der Waals surface area (Å²) < 4.78 is 84.2. The Labute approximate surface area is 193 Å². The van der Waals surface area contributed by atoms with Gasteiger partial charge in [-0.2, -0.15) is 13.2 Å². The van der Waals surface area contributed by atoms with E-state index in [0.717, 1.165) is 36.5 Å². The molecule has 35 heavy (non-hydrogen) atoms. The number of nitrogens with zero attached hydrogens (tertiary/aromatic N) is 2. The van der Waals surface area contributed by atoms with Gasteiger partial charge in [-0.1, -0.05) is 6.07 Å². The zero-order valence-electron chi connectivity index (χ0n) is 17.6. The van der Waals surface area contributed by atoms with Crippen molar-refractivity contribution in [2.24, 2.45) is 0 Å². The number of pyridine rings is 2. The quantitative estimate of drug-likeness (QED) is 0.463. The summed E-state index contributed by atoms with van der Waals surface area (Å²) in [4.78, 5) is 28.7. The number of benzene rings is 1. The average molecular weight is 501 g/mol. The summed E-state index contributed by atoms with van der Waals surface area (Å²) in [6.45, 7) is -2.47. The minimum absolute atomic E-state index is 0.0135. The second-order valence-electron chi connectivity index (χ2n) is 7.19. The lowest BCUT2D eigenvalue weighted by Crippen LogP contribution is -2.37. The van der Waals surface area contributed by atoms with Gasteiger partial charge >= 0.3 is 6.18 Å². The second kappa shape index (κ2) is 10.6. The number of halogens is 6. The molecule has 0 saturated heterocycles. The van der Waals surface area contributed by atoms with Crippen molar-refractivity contribution < 1.29 is 41.0 Å². The predicted molar refractivity (Wildman–Crippen MR) is 109 cm³/mol. The van der Waals surface area contributed by atoms with E-state index < -0.39 is 60.6 Å². The molecule has 0 aliphatic heterocycles. The zero-order valence-corrected chi connectivity index (χ0v) is 17.6. The van der Waals surface area contributed by atoms with Crippen molar-refractivity contribution in [3.63, 3.8) is 0 Å². The molecule has 2 aromatic heterocycles. The fourth-order valence-corrected chi connectivity index (χ4v) is 3.10. The molecule has 0 unspecified atom stereocenters. The van der Waals surface area contributed by atoms with Crippen LogP contribution in [0.5, 0.6) is 5.75 Å². The minimum Gasteiger partial charge on any atom is -0.460 e. The van der Waals surface area contributed by atoms with Crippen molar-refractivity contribution in [1.29, 1.82) is 0 Å². The van der Waals surface area contributed by atoms with E-state index in [9.17, 15) is 41.0 Å². The lowest BCUT2D eigenvalue weighted by molar-refractivity contribution is -0.207. The molecule has 186 valence electrons. The van der Waals surface area contributed by atoms with Crippen LogP contribution in [-0.2, 0) is 6.54 Å². The van der Waals surface area contributed by atoms with Crippen LogP contribution >= 0.6 is 0 Å². The Morgan fingerprint density at radius 3 is 2.51 bits per heavy atom. The molecule has 1 amide bonds. The van der Waals surface area contributed by atoms with Crippen LogP contribution in [0.1, 0.15) is 27.7 Å². The Morgan fingerprint density at radius 1 is 1.14 bits per heavy atom. The van der Waals surface area contributed by atoms with Crippen molar-refractivity contribution in [2.75, 3.05) is 6.86 Å². The number of nitrogens with one attached hydrogen (secondary N) is 1. The number of aliphatic hydroxyl groups excluding tert-OH is 1. The van der Waals surface area contributed by atoms with Gasteiger partial charge < -0.3 is 19.7 Å². The van der Waals surface area contributed by atoms with E-state index in [0.29, 0.717) is 4.57 Å². The molecule has 0 saturated carbocycles. The van der Waals surface area contributed by atoms with Crippen LogP contribution in [0, 0.1) is 11.6 Å². The topological polar surface area (TPSA) is 93.5 Å². The fraction of sp³-hybridized carbons (Fsp3) is 0.227. The van der Waals surface area contributed by atoms with Crippen LogP contribution in [0.4, 0.5) is 26.3 Å². The highest BCUT2D eigenvalue weighted by Gasteiger charge is 2.38. The van der Waals surface area contributed by atoms with Crippen molar-refractivity contribution in [2.45, 2.75) is 24.9 Å². The number of hydrogen-bond donors (Lipinski definition) is 2. The van der Waals surface area contributed by atoms with E-state index in [-0.39, 0.29) is 16.8 Å². The highest BCUT2D eigenvalue weighted by Crippen LogP contribution is 2.27. The molecule has 0 fully saturated rings. The summed E-state index contributed by atoms with van der Waals surface area (Å²) in [7, 11) is 0. The van der Waals surface area contributed by atoms with Gasteiger partial charge in [0.2, 0.25) is 6.86 Å². The number of amides is 1. The van der Waals surface area contributed by atoms with Crippen LogP contribution in [0.3, 0.4) is 0 Å². The molecule has 2 heterocycles. The van der Waals surface area contributed by atoms with Gasteiger partial charge in [0.15, 0.2) is 17.7 Å². The van der Waals surface area contributed by atoms with Crippen LogP contribution in [0.25, 0.3) is 0 Å². The number of aromatic nitrogens is 2. The number of aliphatic hydroxyl groups is 1. The van der Waals surface area contributed by atoms with Gasteiger partial charge in [0.1, 0.15) is 11.5 Å². The largest absolute Gasteiger partial charge is 0.460 e. The summed E-state index contributed by atoms with van der Waals surface area (Å²) >= 11 is 0. The third-order valence-electron chi connectivity index (χ3n) is 4.83. The number of rotatable bonds is 8. The van der Waals surface area contributed by atoms with Crippen molar-refractivity contribution in [1.82, 2.24) is 14.9 Å². The van der Waals surface area contributed by atoms with Gasteiger partial charge in [0, 0.05) is 18.5 Å². The lowest BCUT2D eigenvalue weighted by Gasteiger charge is -2.20. The maximum Gasteiger partial charge on any atom is 0.416 e. The van der Waals surface area contributed by atoms with Gasteiger partial charge in [-0.3, -0.25) is 14.6 Å². The first-order chi connectivity index (χ1) is 16.5. The third kappa shape index (κ3) is 6.18. The summed E-state index contributed by atoms with van der Waals surface area (Å²) in [5.74, 6) is -3.27. The Bertz CT molecular complexity index is 1260. The predicted octanol–water partition coefficient (Wildman–Crippen LogP) is 3.27. The summed E-state index contributed by atoms with van der Waals surface area (Å²) in [6.07, 6.45) is -5.85. The highest BCUT2D eigenvalue weighted by molar-refractivity contribution is 5.94. The molecule has 2 N–H and O–H groups in total. The highest BCUT2D eigenvalue weighted by atomic mass is 19.4. The van der Waals surface area contributed by atoms with E-state index in [2.05, 4.69) is 15.0 Å². The SMILES string of the molecule is O=C(N[C@@H](c1ccc(OCF)c(F)c1)c1ncccc1F)c1ccc(=O)n(C[C@@H](O)C(F)(F)F)c1. The summed E-state index contributed by atoms with van der Waals surface area (Å²) in [5.41, 5.74) is -1.55. The number of alkyl halides is 4. The normalized spacial score (nSPS) is 13.2. The van der Waals surface area contributed by atoms with Crippen molar-refractivity contribution in [3.8, 4) is 5.75 Å². The first-order valence-electron chi connectivity index (χ1n) is 9.86. The lowest BCUT2D eigenvalue weighted by atomic mass is 10.0. The Morgan fingerprint density at radius 2 is 1.89 bits per heavy atom. The molecule has 1 aromatic carbocycles. The Kier molecular flexibility index (Phi) is 7.79. The number of hydrogen-bond acceptors (Lipinski definition) is 5. The van der Waals surface area contributed by atoms with Gasteiger partial charge in [0.05, 0.1) is 18.2 Å². The van der Waals surface area contributed by atoms with Gasteiger partial charge in [-0.05, 0) is 35.9 Å². The number of carbonyl (C=O) groups excluding carboxylic acids is 1. The van der Waals surface area contributed by atoms with E-state index in [1.165, 1.54) is 18.3 Å². The summed E-state index contributed by atoms with van der Waals surface area (Å²) in [6, 6.07) is 5.91. The van der Waals surface area contributed by atoms with E-state index in [4.69, 9.17) is 0 Å². The molecule has 3 rings (SSSR count). The Hall–Kier alpha value is -3.87. The van der Waals surface area contributed by atoms with Crippen molar-refractivity contribution >= 4 is 5.91 Å². The molecule has 0 radical (unpaired) electrons. The molecular formula is C22H17F6N3O4. The Balaban J connectivity index is 1.96. The molecule has 0 spiro atoms. The fourth-order valence-electron chi connectivity index (χ4n) is 3.10. The molecule has 3 aromatic rings. The van der Waals surface area contributed by atoms with Crippen LogP contribution in [-0.4, -0.2) is 39.7 Å². The first-order valence-corrected chi connectivity index (χ1v) is 9.86. The van der Waals surface area contributed by atoms with Crippen LogP contribution in [0.15, 0.2) is 59.7 Å². The minimum atomic E-state index is -5.00. The smallest absolute Gasteiger partial charge is 0.416 e. The maximum atomic E-state index is 14.5. The standard InChI is InChI=1S/C22H17F6N3O4/c23-11-35-16-5-3-12(8-15(16)25)19(20-14(24)2-1-7-29-20)30-21(34)13-4-6-18(33)31(9-13)10-17(32)22(26,27)28/h1-9,17,19,32H,10-11H2,(H,30,34)/t17-,19+/m1/s1. The van der Waals surface area contributed by atoms with E-state index in [1.54, 1.807) is 0 Å².